The van der Waals surface area contributed by atoms with E-state index >= 15 is 0 Å². The summed E-state index contributed by atoms with van der Waals surface area (Å²) < 4.78 is 5.83. The van der Waals surface area contributed by atoms with Gasteiger partial charge in [-0.25, -0.2) is 0 Å². The van der Waals surface area contributed by atoms with Gasteiger partial charge in [-0.15, -0.1) is 0 Å². The molecule has 1 aliphatic carbocycles. The molecular formula is C18H37NO. The molecule has 3 unspecified atom stereocenters. The van der Waals surface area contributed by atoms with Gasteiger partial charge in [-0.05, 0) is 62.3 Å². The molecule has 120 valence electrons. The van der Waals surface area contributed by atoms with E-state index in [1.165, 1.54) is 32.1 Å². The topological polar surface area (TPSA) is 21.3 Å². The van der Waals surface area contributed by atoms with Crippen molar-refractivity contribution in [2.75, 3.05) is 20.3 Å². The van der Waals surface area contributed by atoms with Crippen LogP contribution in [0.25, 0.3) is 0 Å². The highest BCUT2D eigenvalue weighted by Gasteiger charge is 2.34. The van der Waals surface area contributed by atoms with Gasteiger partial charge >= 0.3 is 0 Å². The Morgan fingerprint density at radius 2 is 1.85 bits per heavy atom. The van der Waals surface area contributed by atoms with Crippen LogP contribution in [-0.2, 0) is 4.74 Å². The number of rotatable bonds is 7. The zero-order valence-corrected chi connectivity index (χ0v) is 14.7. The molecule has 1 aliphatic rings. The van der Waals surface area contributed by atoms with Crippen molar-refractivity contribution in [1.29, 1.82) is 0 Å². The van der Waals surface area contributed by atoms with Crippen molar-refractivity contribution in [2.24, 2.45) is 23.2 Å². The van der Waals surface area contributed by atoms with Crippen LogP contribution in [0.1, 0.15) is 66.7 Å². The van der Waals surface area contributed by atoms with Crippen LogP contribution in [0.15, 0.2) is 0 Å². The van der Waals surface area contributed by atoms with Crippen LogP contribution < -0.4 is 5.32 Å². The molecule has 1 saturated carbocycles. The van der Waals surface area contributed by atoms with Crippen LogP contribution in [0.5, 0.6) is 0 Å². The van der Waals surface area contributed by atoms with E-state index in [0.717, 1.165) is 31.0 Å². The molecule has 0 aromatic rings. The number of ether oxygens (including phenoxy) is 1. The molecule has 0 amide bonds. The second kappa shape index (κ2) is 8.38. The van der Waals surface area contributed by atoms with Crippen molar-refractivity contribution >= 4 is 0 Å². The summed E-state index contributed by atoms with van der Waals surface area (Å²) in [6.07, 6.45) is 6.47. The summed E-state index contributed by atoms with van der Waals surface area (Å²) in [6.45, 7) is 13.6. The zero-order valence-electron chi connectivity index (χ0n) is 14.7. The molecule has 1 fully saturated rings. The Bertz CT molecular complexity index is 257. The highest BCUT2D eigenvalue weighted by molar-refractivity contribution is 4.88. The van der Waals surface area contributed by atoms with Gasteiger partial charge in [0.1, 0.15) is 0 Å². The SMILES string of the molecule is CNC1CCC(C(C)(C)C)CC1CCOCCC(C)C. The quantitative estimate of drug-likeness (QED) is 0.695. The van der Waals surface area contributed by atoms with Gasteiger partial charge in [-0.3, -0.25) is 0 Å². The Labute approximate surface area is 127 Å². The van der Waals surface area contributed by atoms with E-state index in [1.807, 2.05) is 0 Å². The number of nitrogens with one attached hydrogen (secondary N) is 1. The van der Waals surface area contributed by atoms with E-state index in [1.54, 1.807) is 0 Å². The fourth-order valence-electron chi connectivity index (χ4n) is 3.41. The summed E-state index contributed by atoms with van der Waals surface area (Å²) in [5, 5.41) is 3.53. The molecule has 2 nitrogen and oxygen atoms in total. The summed E-state index contributed by atoms with van der Waals surface area (Å²) in [4.78, 5) is 0. The van der Waals surface area contributed by atoms with Crippen LogP contribution in [0.4, 0.5) is 0 Å². The van der Waals surface area contributed by atoms with Crippen molar-refractivity contribution in [3.05, 3.63) is 0 Å². The van der Waals surface area contributed by atoms with Gasteiger partial charge in [0.05, 0.1) is 0 Å². The molecule has 20 heavy (non-hydrogen) atoms. The minimum absolute atomic E-state index is 0.454. The van der Waals surface area contributed by atoms with Gasteiger partial charge in [0, 0.05) is 19.3 Å². The van der Waals surface area contributed by atoms with E-state index in [2.05, 4.69) is 47.0 Å². The molecule has 0 aromatic heterocycles. The Morgan fingerprint density at radius 3 is 2.40 bits per heavy atom. The standard InChI is InChI=1S/C18H37NO/c1-14(2)9-11-20-12-10-15-13-16(18(3,4)5)7-8-17(15)19-6/h14-17,19H,7-13H2,1-6H3. The molecule has 2 heteroatoms. The smallest absolute Gasteiger partial charge is 0.0469 e. The molecule has 3 atom stereocenters. The molecule has 1 N–H and O–H groups in total. The maximum absolute atomic E-state index is 5.83. The maximum Gasteiger partial charge on any atom is 0.0469 e. The highest BCUT2D eigenvalue weighted by Crippen LogP contribution is 2.41. The first-order valence-electron chi connectivity index (χ1n) is 8.59. The first-order chi connectivity index (χ1) is 9.34. The summed E-state index contributed by atoms with van der Waals surface area (Å²) in [6, 6.07) is 0.697. The van der Waals surface area contributed by atoms with E-state index in [4.69, 9.17) is 4.74 Å². The molecule has 0 saturated heterocycles. The van der Waals surface area contributed by atoms with Crippen LogP contribution in [-0.4, -0.2) is 26.3 Å². The second-order valence-electron chi connectivity index (χ2n) is 8.11. The lowest BCUT2D eigenvalue weighted by Gasteiger charge is -2.42. The number of hydrogen-bond acceptors (Lipinski definition) is 2. The van der Waals surface area contributed by atoms with E-state index in [-0.39, 0.29) is 0 Å². The van der Waals surface area contributed by atoms with Crippen LogP contribution in [0.2, 0.25) is 0 Å². The third-order valence-electron chi connectivity index (χ3n) is 5.05. The Balaban J connectivity index is 2.35. The summed E-state index contributed by atoms with van der Waals surface area (Å²) in [7, 11) is 2.12. The maximum atomic E-state index is 5.83. The van der Waals surface area contributed by atoms with E-state index in [9.17, 15) is 0 Å². The Kier molecular flexibility index (Phi) is 7.53. The van der Waals surface area contributed by atoms with Crippen molar-refractivity contribution in [2.45, 2.75) is 72.8 Å². The van der Waals surface area contributed by atoms with Gasteiger partial charge < -0.3 is 10.1 Å². The monoisotopic (exact) mass is 283 g/mol. The van der Waals surface area contributed by atoms with Crippen molar-refractivity contribution in [3.63, 3.8) is 0 Å². The van der Waals surface area contributed by atoms with Gasteiger partial charge in [0.15, 0.2) is 0 Å². The van der Waals surface area contributed by atoms with E-state index in [0.29, 0.717) is 11.5 Å². The largest absolute Gasteiger partial charge is 0.381 e. The fraction of sp³-hybridized carbons (Fsp3) is 1.00. The molecule has 0 spiro atoms. The predicted octanol–water partition coefficient (Wildman–Crippen LogP) is 4.49. The van der Waals surface area contributed by atoms with E-state index < -0.39 is 0 Å². The Hall–Kier alpha value is -0.0800. The third kappa shape index (κ3) is 6.13. The minimum Gasteiger partial charge on any atom is -0.381 e. The van der Waals surface area contributed by atoms with Crippen LogP contribution in [0, 0.1) is 23.2 Å². The summed E-state index contributed by atoms with van der Waals surface area (Å²) >= 11 is 0. The zero-order chi connectivity index (χ0) is 15.2. The molecule has 0 aromatic carbocycles. The lowest BCUT2D eigenvalue weighted by molar-refractivity contribution is 0.0701. The van der Waals surface area contributed by atoms with Gasteiger partial charge in [0.2, 0.25) is 0 Å². The predicted molar refractivity (Wildman–Crippen MR) is 88.0 cm³/mol. The van der Waals surface area contributed by atoms with Gasteiger partial charge in [-0.2, -0.15) is 0 Å². The van der Waals surface area contributed by atoms with Gasteiger partial charge in [0.25, 0.3) is 0 Å². The van der Waals surface area contributed by atoms with Crippen LogP contribution in [0.3, 0.4) is 0 Å². The lowest BCUT2D eigenvalue weighted by atomic mass is 9.67. The molecule has 0 aliphatic heterocycles. The second-order valence-corrected chi connectivity index (χ2v) is 8.11. The van der Waals surface area contributed by atoms with Crippen molar-refractivity contribution in [1.82, 2.24) is 5.32 Å². The molecule has 0 radical (unpaired) electrons. The third-order valence-corrected chi connectivity index (χ3v) is 5.05. The van der Waals surface area contributed by atoms with Crippen molar-refractivity contribution in [3.8, 4) is 0 Å². The first-order valence-corrected chi connectivity index (χ1v) is 8.59. The van der Waals surface area contributed by atoms with Gasteiger partial charge in [-0.1, -0.05) is 34.6 Å². The first kappa shape index (κ1) is 18.0. The lowest BCUT2D eigenvalue weighted by Crippen LogP contribution is -2.41. The average Bonchev–Trinajstić information content (AvgIpc) is 2.36. The fourth-order valence-corrected chi connectivity index (χ4v) is 3.41. The molecule has 0 bridgehead atoms. The molecule has 1 rings (SSSR count). The highest BCUT2D eigenvalue weighted by atomic mass is 16.5. The molecule has 0 heterocycles. The van der Waals surface area contributed by atoms with Crippen molar-refractivity contribution < 1.29 is 4.74 Å². The molecular weight excluding hydrogens is 246 g/mol. The number of hydrogen-bond donors (Lipinski definition) is 1. The minimum atomic E-state index is 0.454. The summed E-state index contributed by atoms with van der Waals surface area (Å²) in [5.41, 5.74) is 0.454. The summed E-state index contributed by atoms with van der Waals surface area (Å²) in [5.74, 6) is 2.41. The normalized spacial score (nSPS) is 28.1. The average molecular weight is 283 g/mol. The van der Waals surface area contributed by atoms with Crippen LogP contribution >= 0.6 is 0 Å². The Morgan fingerprint density at radius 1 is 1.15 bits per heavy atom.